The summed E-state index contributed by atoms with van der Waals surface area (Å²) in [6.07, 6.45) is 18.9. The van der Waals surface area contributed by atoms with Crippen molar-refractivity contribution in [3.8, 4) is 0 Å². The Morgan fingerprint density at radius 3 is 2.43 bits per heavy atom. The predicted octanol–water partition coefficient (Wildman–Crippen LogP) is 9.30. The second kappa shape index (κ2) is 8.59. The van der Waals surface area contributed by atoms with Gasteiger partial charge in [0, 0.05) is 0 Å². The Labute approximate surface area is 189 Å². The van der Waals surface area contributed by atoms with Crippen molar-refractivity contribution < 1.29 is 0 Å². The van der Waals surface area contributed by atoms with Gasteiger partial charge >= 0.3 is 0 Å². The summed E-state index contributed by atoms with van der Waals surface area (Å²) in [7, 11) is 0. The van der Waals surface area contributed by atoms with Gasteiger partial charge in [-0.15, -0.1) is 0 Å². The van der Waals surface area contributed by atoms with Crippen molar-refractivity contribution in [3.63, 3.8) is 0 Å². The molecule has 0 heterocycles. The lowest BCUT2D eigenvalue weighted by atomic mass is 9.46. The van der Waals surface area contributed by atoms with E-state index in [0.29, 0.717) is 10.8 Å². The van der Waals surface area contributed by atoms with Gasteiger partial charge in [0.15, 0.2) is 0 Å². The monoisotopic (exact) mass is 412 g/mol. The maximum atomic E-state index is 2.76. The second-order valence-electron chi connectivity index (χ2n) is 13.3. The molecule has 3 saturated carbocycles. The van der Waals surface area contributed by atoms with Crippen molar-refractivity contribution in [3.05, 3.63) is 11.6 Å². The first-order valence-corrected chi connectivity index (χ1v) is 13.9. The molecule has 9 atom stereocenters. The minimum absolute atomic E-state index is 0.548. The maximum Gasteiger partial charge on any atom is -0.00851 e. The largest absolute Gasteiger partial charge is 0.0845 e. The molecular formula is C30H52. The average molecular weight is 413 g/mol. The fourth-order valence-corrected chi connectivity index (χ4v) is 9.51. The Bertz CT molecular complexity index is 628. The van der Waals surface area contributed by atoms with Gasteiger partial charge in [-0.25, -0.2) is 0 Å². The molecule has 0 nitrogen and oxygen atoms in total. The van der Waals surface area contributed by atoms with E-state index < -0.39 is 0 Å². The fraction of sp³-hybridized carbons (Fsp3) is 0.933. The molecule has 0 radical (unpaired) electrons. The van der Waals surface area contributed by atoms with Gasteiger partial charge < -0.3 is 0 Å². The molecule has 0 aromatic heterocycles. The van der Waals surface area contributed by atoms with Crippen LogP contribution in [0.4, 0.5) is 0 Å². The molecule has 1 unspecified atom stereocenters. The molecule has 0 N–H and O–H groups in total. The van der Waals surface area contributed by atoms with Gasteiger partial charge in [0.2, 0.25) is 0 Å². The van der Waals surface area contributed by atoms with Crippen molar-refractivity contribution in [1.82, 2.24) is 0 Å². The van der Waals surface area contributed by atoms with E-state index in [-0.39, 0.29) is 0 Å². The van der Waals surface area contributed by atoms with E-state index in [0.717, 1.165) is 47.3 Å². The van der Waals surface area contributed by atoms with Crippen molar-refractivity contribution in [2.24, 2.45) is 58.2 Å². The standard InChI is InChI=1S/C30H52/c1-8-23(20(2)3)10-9-22(5)26-13-14-27-25-12-11-24-19-21(4)15-17-29(24,6)28(25)16-18-30(26,27)7/h11,20-23,25-28H,8-10,12-19H2,1-7H3/t21?,22-,23+,25+,26-,27+,28+,29+,30-/m1/s1. The van der Waals surface area contributed by atoms with E-state index in [1.165, 1.54) is 70.6 Å². The molecule has 172 valence electrons. The summed E-state index contributed by atoms with van der Waals surface area (Å²) in [6, 6.07) is 0. The Kier molecular flexibility index (Phi) is 6.56. The molecule has 0 amide bonds. The highest BCUT2D eigenvalue weighted by Gasteiger charge is 2.58. The second-order valence-corrected chi connectivity index (χ2v) is 13.3. The first kappa shape index (κ1) is 22.9. The van der Waals surface area contributed by atoms with E-state index in [1.54, 1.807) is 0 Å². The van der Waals surface area contributed by atoms with E-state index >= 15 is 0 Å². The van der Waals surface area contributed by atoms with Gasteiger partial charge in [0.1, 0.15) is 0 Å². The zero-order chi connectivity index (χ0) is 21.7. The normalized spacial score (nSPS) is 45.3. The van der Waals surface area contributed by atoms with Crippen molar-refractivity contribution in [2.75, 3.05) is 0 Å². The number of fused-ring (bicyclic) bond motifs is 5. The first-order chi connectivity index (χ1) is 14.2. The van der Waals surface area contributed by atoms with Gasteiger partial charge in [-0.05, 0) is 116 Å². The molecule has 4 aliphatic carbocycles. The van der Waals surface area contributed by atoms with Crippen molar-refractivity contribution in [1.29, 1.82) is 0 Å². The van der Waals surface area contributed by atoms with Crippen LogP contribution >= 0.6 is 0 Å². The first-order valence-electron chi connectivity index (χ1n) is 13.9. The lowest BCUT2D eigenvalue weighted by molar-refractivity contribution is -0.0525. The molecule has 4 aliphatic rings. The van der Waals surface area contributed by atoms with Crippen LogP contribution in [0.2, 0.25) is 0 Å². The zero-order valence-electron chi connectivity index (χ0n) is 21.5. The molecule has 30 heavy (non-hydrogen) atoms. The van der Waals surface area contributed by atoms with Crippen LogP contribution < -0.4 is 0 Å². The summed E-state index contributed by atoms with van der Waals surface area (Å²) in [5, 5.41) is 0. The van der Waals surface area contributed by atoms with Gasteiger partial charge in [0.25, 0.3) is 0 Å². The Morgan fingerprint density at radius 2 is 1.73 bits per heavy atom. The molecule has 0 aliphatic heterocycles. The van der Waals surface area contributed by atoms with Gasteiger partial charge in [-0.3, -0.25) is 0 Å². The van der Waals surface area contributed by atoms with Gasteiger partial charge in [-0.1, -0.05) is 73.0 Å². The van der Waals surface area contributed by atoms with Crippen LogP contribution in [0, 0.1) is 58.2 Å². The zero-order valence-corrected chi connectivity index (χ0v) is 21.5. The van der Waals surface area contributed by atoms with Gasteiger partial charge in [-0.2, -0.15) is 0 Å². The number of hydrogen-bond donors (Lipinski definition) is 0. The molecule has 0 spiro atoms. The van der Waals surface area contributed by atoms with Crippen molar-refractivity contribution in [2.45, 2.75) is 119 Å². The van der Waals surface area contributed by atoms with Crippen LogP contribution in [0.5, 0.6) is 0 Å². The number of hydrogen-bond acceptors (Lipinski definition) is 0. The van der Waals surface area contributed by atoms with Crippen LogP contribution in [0.3, 0.4) is 0 Å². The summed E-state index contributed by atoms with van der Waals surface area (Å²) >= 11 is 0. The predicted molar refractivity (Wildman–Crippen MR) is 131 cm³/mol. The Morgan fingerprint density at radius 1 is 0.967 bits per heavy atom. The highest BCUT2D eigenvalue weighted by atomic mass is 14.6. The van der Waals surface area contributed by atoms with E-state index in [2.05, 4.69) is 54.5 Å². The third-order valence-corrected chi connectivity index (χ3v) is 11.6. The molecular weight excluding hydrogens is 360 g/mol. The third kappa shape index (κ3) is 3.75. The van der Waals surface area contributed by atoms with Gasteiger partial charge in [0.05, 0.1) is 0 Å². The summed E-state index contributed by atoms with van der Waals surface area (Å²) in [4.78, 5) is 0. The topological polar surface area (TPSA) is 0 Å². The van der Waals surface area contributed by atoms with Crippen LogP contribution in [0.25, 0.3) is 0 Å². The van der Waals surface area contributed by atoms with Crippen LogP contribution in [-0.4, -0.2) is 0 Å². The van der Waals surface area contributed by atoms with E-state index in [4.69, 9.17) is 0 Å². The maximum absolute atomic E-state index is 2.76. The molecule has 0 heteroatoms. The van der Waals surface area contributed by atoms with Crippen LogP contribution in [0.15, 0.2) is 11.6 Å². The molecule has 3 fully saturated rings. The number of rotatable bonds is 6. The third-order valence-electron chi connectivity index (χ3n) is 11.6. The molecule has 0 aromatic rings. The molecule has 0 bridgehead atoms. The molecule has 0 aromatic carbocycles. The summed E-state index contributed by atoms with van der Waals surface area (Å²) in [5.41, 5.74) is 3.05. The Balaban J connectivity index is 1.47. The number of allylic oxidation sites excluding steroid dienone is 2. The highest BCUT2D eigenvalue weighted by Crippen LogP contribution is 2.67. The average Bonchev–Trinajstić information content (AvgIpc) is 3.06. The smallest absolute Gasteiger partial charge is 0.00851 e. The SMILES string of the molecule is CC[C@@H](CC[C@@H](C)[C@H]1CC[C@H]2[C@@H]3CC=C4CC(C)CC[C@]4(C)[C@H]3CC[C@]12C)C(C)C. The summed E-state index contributed by atoms with van der Waals surface area (Å²) in [5.74, 6) is 7.59. The molecule has 4 rings (SSSR count). The minimum Gasteiger partial charge on any atom is -0.0845 e. The Hall–Kier alpha value is -0.260. The lowest BCUT2D eigenvalue weighted by Gasteiger charge is -2.58. The minimum atomic E-state index is 0.548. The fourth-order valence-electron chi connectivity index (χ4n) is 9.51. The highest BCUT2D eigenvalue weighted by molar-refractivity contribution is 5.25. The summed E-state index contributed by atoms with van der Waals surface area (Å²) < 4.78 is 0. The quantitative estimate of drug-likeness (QED) is 0.381. The summed E-state index contributed by atoms with van der Waals surface area (Å²) in [6.45, 7) is 17.8. The van der Waals surface area contributed by atoms with E-state index in [9.17, 15) is 0 Å². The van der Waals surface area contributed by atoms with Crippen molar-refractivity contribution >= 4 is 0 Å². The van der Waals surface area contributed by atoms with E-state index in [1.807, 2.05) is 5.57 Å². The molecule has 0 saturated heterocycles. The van der Waals surface area contributed by atoms with Crippen LogP contribution in [-0.2, 0) is 0 Å². The van der Waals surface area contributed by atoms with Crippen LogP contribution in [0.1, 0.15) is 119 Å². The lowest BCUT2D eigenvalue weighted by Crippen LogP contribution is -2.50.